The van der Waals surface area contributed by atoms with E-state index in [2.05, 4.69) is 67.5 Å². The van der Waals surface area contributed by atoms with Gasteiger partial charge in [-0.25, -0.2) is 4.79 Å². The van der Waals surface area contributed by atoms with Crippen LogP contribution in [-0.4, -0.2) is 23.8 Å². The van der Waals surface area contributed by atoms with Gasteiger partial charge in [-0.15, -0.1) is 0 Å². The standard InChI is InChI=1S/C26H31BrO4/c1-15(2)18-6-8-19(9-7-18)22-13-21(16(3)4)26(31-17(22)5)23-12-20(27)10-11-24(23)30-14-25(28)29/h6-12,15,17,21-22,26H,3,13-14H2,1-2,4-5H3,(H,28,29)/t17-,21-,22-,26-/m0/s1. The molecular formula is C26H31BrO4. The first-order valence-electron chi connectivity index (χ1n) is 10.7. The molecule has 1 N–H and O–H groups in total. The number of hydrogen-bond donors (Lipinski definition) is 1. The lowest BCUT2D eigenvalue weighted by Gasteiger charge is -2.42. The molecule has 2 aromatic carbocycles. The molecule has 5 heteroatoms. The predicted molar refractivity (Wildman–Crippen MR) is 127 cm³/mol. The van der Waals surface area contributed by atoms with E-state index >= 15 is 0 Å². The molecule has 0 aliphatic carbocycles. The average Bonchev–Trinajstić information content (AvgIpc) is 2.72. The van der Waals surface area contributed by atoms with Crippen molar-refractivity contribution >= 4 is 21.9 Å². The highest BCUT2D eigenvalue weighted by Gasteiger charge is 2.39. The van der Waals surface area contributed by atoms with Crippen LogP contribution in [0.4, 0.5) is 0 Å². The van der Waals surface area contributed by atoms with Crippen LogP contribution in [0.1, 0.15) is 68.7 Å². The Morgan fingerprint density at radius 2 is 1.94 bits per heavy atom. The first kappa shape index (κ1) is 23.6. The summed E-state index contributed by atoms with van der Waals surface area (Å²) in [6, 6.07) is 14.5. The number of benzene rings is 2. The minimum absolute atomic E-state index is 0.00296. The van der Waals surface area contributed by atoms with Crippen LogP contribution in [0.5, 0.6) is 5.75 Å². The van der Waals surface area contributed by atoms with Crippen molar-refractivity contribution in [2.45, 2.75) is 58.2 Å². The van der Waals surface area contributed by atoms with Crippen LogP contribution in [0.25, 0.3) is 0 Å². The van der Waals surface area contributed by atoms with E-state index in [4.69, 9.17) is 14.6 Å². The minimum atomic E-state index is -1.01. The topological polar surface area (TPSA) is 55.8 Å². The fourth-order valence-electron chi connectivity index (χ4n) is 4.31. The van der Waals surface area contributed by atoms with Gasteiger partial charge in [-0.2, -0.15) is 0 Å². The molecule has 1 saturated heterocycles. The van der Waals surface area contributed by atoms with Crippen molar-refractivity contribution in [2.24, 2.45) is 5.92 Å². The molecule has 4 nitrogen and oxygen atoms in total. The van der Waals surface area contributed by atoms with Gasteiger partial charge in [0, 0.05) is 21.9 Å². The van der Waals surface area contributed by atoms with Gasteiger partial charge in [-0.1, -0.05) is 66.2 Å². The summed E-state index contributed by atoms with van der Waals surface area (Å²) in [5.74, 6) is 0.381. The van der Waals surface area contributed by atoms with Crippen molar-refractivity contribution in [1.29, 1.82) is 0 Å². The van der Waals surface area contributed by atoms with Crippen LogP contribution in [0.3, 0.4) is 0 Å². The molecule has 4 atom stereocenters. The summed E-state index contributed by atoms with van der Waals surface area (Å²) in [6.45, 7) is 12.4. The lowest BCUT2D eigenvalue weighted by atomic mass is 9.75. The average molecular weight is 487 g/mol. The third-order valence-corrected chi connectivity index (χ3v) is 6.59. The third-order valence-electron chi connectivity index (χ3n) is 6.09. The fourth-order valence-corrected chi connectivity index (χ4v) is 4.69. The van der Waals surface area contributed by atoms with E-state index in [9.17, 15) is 4.79 Å². The minimum Gasteiger partial charge on any atom is -0.482 e. The van der Waals surface area contributed by atoms with Gasteiger partial charge >= 0.3 is 5.97 Å². The molecule has 31 heavy (non-hydrogen) atoms. The van der Waals surface area contributed by atoms with Crippen molar-refractivity contribution in [1.82, 2.24) is 0 Å². The number of carbonyl (C=O) groups is 1. The molecule has 166 valence electrons. The maximum Gasteiger partial charge on any atom is 0.341 e. The van der Waals surface area contributed by atoms with Gasteiger partial charge in [0.2, 0.25) is 0 Å². The van der Waals surface area contributed by atoms with Crippen molar-refractivity contribution < 1.29 is 19.4 Å². The van der Waals surface area contributed by atoms with E-state index in [1.807, 2.05) is 19.1 Å². The number of aliphatic carboxylic acids is 1. The lowest BCUT2D eigenvalue weighted by Crippen LogP contribution is -2.34. The van der Waals surface area contributed by atoms with Crippen LogP contribution in [0, 0.1) is 5.92 Å². The third kappa shape index (κ3) is 5.58. The summed E-state index contributed by atoms with van der Waals surface area (Å²) in [5.41, 5.74) is 4.50. The van der Waals surface area contributed by atoms with Gasteiger partial charge in [0.25, 0.3) is 0 Å². The number of carboxylic acids is 1. The maximum atomic E-state index is 11.0. The molecule has 0 aromatic heterocycles. The van der Waals surface area contributed by atoms with Gasteiger partial charge in [0.1, 0.15) is 5.75 Å². The van der Waals surface area contributed by atoms with E-state index in [0.717, 1.165) is 22.0 Å². The summed E-state index contributed by atoms with van der Waals surface area (Å²) >= 11 is 3.53. The summed E-state index contributed by atoms with van der Waals surface area (Å²) in [5, 5.41) is 9.05. The number of rotatable bonds is 7. The molecule has 2 aromatic rings. The summed E-state index contributed by atoms with van der Waals surface area (Å²) < 4.78 is 13.1. The molecule has 0 radical (unpaired) electrons. The molecule has 3 rings (SSSR count). The predicted octanol–water partition coefficient (Wildman–Crippen LogP) is 6.86. The van der Waals surface area contributed by atoms with Crippen LogP contribution in [0.2, 0.25) is 0 Å². The smallest absolute Gasteiger partial charge is 0.341 e. The Hall–Kier alpha value is -2.11. The first-order chi connectivity index (χ1) is 14.7. The highest BCUT2D eigenvalue weighted by molar-refractivity contribution is 9.10. The SMILES string of the molecule is C=C(C)[C@@H]1C[C@H](c2ccc(C(C)C)cc2)[C@H](C)O[C@@H]1c1cc(Br)ccc1OCC(=O)O. The van der Waals surface area contributed by atoms with Crippen LogP contribution in [-0.2, 0) is 9.53 Å². The molecule has 1 heterocycles. The van der Waals surface area contributed by atoms with Crippen molar-refractivity contribution in [2.75, 3.05) is 6.61 Å². The largest absolute Gasteiger partial charge is 0.482 e. The fraction of sp³-hybridized carbons (Fsp3) is 0.423. The molecule has 0 unspecified atom stereocenters. The van der Waals surface area contributed by atoms with E-state index in [1.54, 1.807) is 6.07 Å². The molecule has 0 bridgehead atoms. The van der Waals surface area contributed by atoms with Crippen molar-refractivity contribution in [3.63, 3.8) is 0 Å². The molecule has 0 spiro atoms. The molecule has 1 aliphatic rings. The Morgan fingerprint density at radius 1 is 1.26 bits per heavy atom. The second-order valence-corrected chi connectivity index (χ2v) is 9.66. The first-order valence-corrected chi connectivity index (χ1v) is 11.5. The lowest BCUT2D eigenvalue weighted by molar-refractivity contribution is -0.139. The van der Waals surface area contributed by atoms with Gasteiger partial charge in [-0.3, -0.25) is 0 Å². The summed E-state index contributed by atoms with van der Waals surface area (Å²) in [7, 11) is 0. The number of hydrogen-bond acceptors (Lipinski definition) is 3. The zero-order chi connectivity index (χ0) is 22.7. The van der Waals surface area contributed by atoms with Gasteiger partial charge in [-0.05, 0) is 55.5 Å². The normalized spacial score (nSPS) is 23.5. The highest BCUT2D eigenvalue weighted by atomic mass is 79.9. The second kappa shape index (κ2) is 10.0. The quantitative estimate of drug-likeness (QED) is 0.434. The monoisotopic (exact) mass is 486 g/mol. The maximum absolute atomic E-state index is 11.0. The van der Waals surface area contributed by atoms with Crippen molar-refractivity contribution in [3.05, 3.63) is 75.8 Å². The second-order valence-electron chi connectivity index (χ2n) is 8.74. The molecule has 1 fully saturated rings. The van der Waals surface area contributed by atoms with Crippen LogP contribution in [0.15, 0.2) is 59.1 Å². The molecule has 0 saturated carbocycles. The molecule has 0 amide bonds. The summed E-state index contributed by atoms with van der Waals surface area (Å²) in [6.07, 6.45) is 0.657. The Balaban J connectivity index is 1.91. The van der Waals surface area contributed by atoms with Gasteiger partial charge in [0.15, 0.2) is 6.61 Å². The Labute approximate surface area is 193 Å². The van der Waals surface area contributed by atoms with Gasteiger partial charge < -0.3 is 14.6 Å². The number of halogens is 1. The van der Waals surface area contributed by atoms with E-state index in [-0.39, 0.29) is 30.7 Å². The number of ether oxygens (including phenoxy) is 2. The number of carboxylic acid groups (broad SMARTS) is 1. The van der Waals surface area contributed by atoms with Crippen LogP contribution < -0.4 is 4.74 Å². The summed E-state index contributed by atoms with van der Waals surface area (Å²) in [4.78, 5) is 11.0. The Kier molecular flexibility index (Phi) is 7.60. The Bertz CT molecular complexity index is 935. The van der Waals surface area contributed by atoms with Gasteiger partial charge in [0.05, 0.1) is 12.2 Å². The van der Waals surface area contributed by atoms with Crippen LogP contribution >= 0.6 is 15.9 Å². The molecule has 1 aliphatic heterocycles. The highest BCUT2D eigenvalue weighted by Crippen LogP contribution is 2.48. The van der Waals surface area contributed by atoms with E-state index in [1.165, 1.54) is 11.1 Å². The zero-order valence-electron chi connectivity index (χ0n) is 18.6. The zero-order valence-corrected chi connectivity index (χ0v) is 20.2. The van der Waals surface area contributed by atoms with Crippen molar-refractivity contribution in [3.8, 4) is 5.75 Å². The molecular weight excluding hydrogens is 456 g/mol. The van der Waals surface area contributed by atoms with E-state index in [0.29, 0.717) is 11.7 Å². The van der Waals surface area contributed by atoms with E-state index < -0.39 is 5.97 Å². The Morgan fingerprint density at radius 3 is 2.52 bits per heavy atom.